The summed E-state index contributed by atoms with van der Waals surface area (Å²) in [6.07, 6.45) is 0.158. The summed E-state index contributed by atoms with van der Waals surface area (Å²) in [6.45, 7) is 2.94. The van der Waals surface area contributed by atoms with Crippen molar-refractivity contribution in [3.05, 3.63) is 0 Å². The van der Waals surface area contributed by atoms with Gasteiger partial charge in [0.25, 0.3) is 0 Å². The Labute approximate surface area is 71.5 Å². The topological polar surface area (TPSA) is 63.6 Å². The maximum Gasteiger partial charge on any atom is 0.148 e. The van der Waals surface area contributed by atoms with Crippen molar-refractivity contribution < 1.29 is 19.4 Å². The Balaban J connectivity index is 3.97. The second-order valence-corrected chi connectivity index (χ2v) is 2.69. The molecule has 0 aliphatic heterocycles. The average Bonchev–Trinajstić information content (AvgIpc) is 2.12. The molecule has 0 aliphatic rings. The summed E-state index contributed by atoms with van der Waals surface area (Å²) in [4.78, 5) is 20.5. The fourth-order valence-electron chi connectivity index (χ4n) is 0.729. The summed E-state index contributed by atoms with van der Waals surface area (Å²) in [6, 6.07) is 0. The van der Waals surface area contributed by atoms with Gasteiger partial charge < -0.3 is 19.4 Å². The lowest BCUT2D eigenvalue weighted by atomic mass is 10.1. The van der Waals surface area contributed by atoms with E-state index in [0.29, 0.717) is 12.6 Å². The highest BCUT2D eigenvalue weighted by molar-refractivity contribution is 5.56. The second kappa shape index (κ2) is 5.85. The Morgan fingerprint density at radius 2 is 1.92 bits per heavy atom. The average molecular weight is 174 g/mol. The third-order valence-electron chi connectivity index (χ3n) is 1.56. The largest absolute Gasteiger partial charge is 0.394 e. The van der Waals surface area contributed by atoms with Crippen LogP contribution in [0.25, 0.3) is 0 Å². The smallest absolute Gasteiger partial charge is 0.148 e. The first kappa shape index (κ1) is 11.3. The summed E-state index contributed by atoms with van der Waals surface area (Å²) in [7, 11) is 0. The molecule has 0 radical (unpaired) electrons. The molecule has 1 N–H and O–H groups in total. The number of hydrogen-bond donors (Lipinski definition) is 1. The normalized spacial score (nSPS) is 17.9. The second-order valence-electron chi connectivity index (χ2n) is 2.69. The van der Waals surface area contributed by atoms with Crippen LogP contribution < -0.4 is 0 Å². The third-order valence-corrected chi connectivity index (χ3v) is 1.56. The first-order valence-electron chi connectivity index (χ1n) is 3.82. The van der Waals surface area contributed by atoms with Gasteiger partial charge in [0.1, 0.15) is 18.7 Å². The zero-order valence-electron chi connectivity index (χ0n) is 7.27. The Hall–Kier alpha value is -0.740. The van der Waals surface area contributed by atoms with E-state index < -0.39 is 18.1 Å². The van der Waals surface area contributed by atoms with Crippen molar-refractivity contribution in [3.63, 3.8) is 0 Å². The zero-order chi connectivity index (χ0) is 9.56. The minimum absolute atomic E-state index is 0.252. The van der Waals surface area contributed by atoms with Gasteiger partial charge in [0.15, 0.2) is 0 Å². The number of carbonyl (C=O) groups excluding carboxylic acids is 2. The van der Waals surface area contributed by atoms with Crippen molar-refractivity contribution in [2.45, 2.75) is 26.1 Å². The van der Waals surface area contributed by atoms with Gasteiger partial charge in [-0.05, 0) is 6.92 Å². The van der Waals surface area contributed by atoms with Gasteiger partial charge in [-0.2, -0.15) is 0 Å². The summed E-state index contributed by atoms with van der Waals surface area (Å²) < 4.78 is 5.05. The molecule has 3 atom stereocenters. The quantitative estimate of drug-likeness (QED) is 0.566. The molecule has 0 amide bonds. The number of carbonyl (C=O) groups is 2. The summed E-state index contributed by atoms with van der Waals surface area (Å²) in [5.41, 5.74) is 0. The molecule has 1 unspecified atom stereocenters. The molecule has 0 aliphatic carbocycles. The number of aliphatic hydroxyl groups is 1. The van der Waals surface area contributed by atoms with Gasteiger partial charge in [-0.15, -0.1) is 0 Å². The van der Waals surface area contributed by atoms with Crippen molar-refractivity contribution in [1.29, 1.82) is 0 Å². The van der Waals surface area contributed by atoms with Crippen LogP contribution in [0.3, 0.4) is 0 Å². The van der Waals surface area contributed by atoms with Gasteiger partial charge in [-0.1, -0.05) is 6.92 Å². The van der Waals surface area contributed by atoms with Gasteiger partial charge in [0.2, 0.25) is 0 Å². The van der Waals surface area contributed by atoms with Crippen LogP contribution in [-0.4, -0.2) is 36.5 Å². The van der Waals surface area contributed by atoms with Gasteiger partial charge in [0.05, 0.1) is 12.7 Å². The number of rotatable bonds is 6. The van der Waals surface area contributed by atoms with Crippen molar-refractivity contribution in [1.82, 2.24) is 0 Å². The molecular weight excluding hydrogens is 160 g/mol. The fourth-order valence-corrected chi connectivity index (χ4v) is 0.729. The molecule has 12 heavy (non-hydrogen) atoms. The third kappa shape index (κ3) is 3.59. The lowest BCUT2D eigenvalue weighted by Gasteiger charge is -2.19. The molecular formula is C8H14O4. The standard InChI is InChI=1S/C8H14O4/c1-6(3-9)8(5-11)12-7(2)4-10/h3-4,6-8,11H,5H2,1-2H3/t6-,7+,8?/m1/s1. The predicted molar refractivity (Wildman–Crippen MR) is 42.7 cm³/mol. The summed E-state index contributed by atoms with van der Waals surface area (Å²) >= 11 is 0. The predicted octanol–water partition coefficient (Wildman–Crippen LogP) is -0.214. The van der Waals surface area contributed by atoms with Gasteiger partial charge in [0, 0.05) is 5.92 Å². The molecule has 0 saturated carbocycles. The Morgan fingerprint density at radius 3 is 2.25 bits per heavy atom. The van der Waals surface area contributed by atoms with Crippen LogP contribution in [0, 0.1) is 5.92 Å². The minimum atomic E-state index is -0.581. The van der Waals surface area contributed by atoms with Crippen LogP contribution in [0.2, 0.25) is 0 Å². The SMILES string of the molecule is C[C@H](C=O)C(CO)O[C@@H](C)C=O. The van der Waals surface area contributed by atoms with E-state index in [-0.39, 0.29) is 6.61 Å². The molecule has 4 heteroatoms. The first-order valence-corrected chi connectivity index (χ1v) is 3.82. The van der Waals surface area contributed by atoms with Gasteiger partial charge in [-0.25, -0.2) is 0 Å². The van der Waals surface area contributed by atoms with Gasteiger partial charge >= 0.3 is 0 Å². The van der Waals surface area contributed by atoms with Gasteiger partial charge in [-0.3, -0.25) is 0 Å². The van der Waals surface area contributed by atoms with Crippen LogP contribution in [0.1, 0.15) is 13.8 Å². The maximum atomic E-state index is 10.3. The molecule has 0 spiro atoms. The van der Waals surface area contributed by atoms with E-state index in [1.54, 1.807) is 13.8 Å². The van der Waals surface area contributed by atoms with Crippen molar-refractivity contribution >= 4 is 12.6 Å². The first-order chi connectivity index (χ1) is 5.65. The molecule has 0 heterocycles. The minimum Gasteiger partial charge on any atom is -0.394 e. The van der Waals surface area contributed by atoms with Crippen LogP contribution in [0.5, 0.6) is 0 Å². The maximum absolute atomic E-state index is 10.3. The molecule has 0 bridgehead atoms. The van der Waals surface area contributed by atoms with Crippen LogP contribution >= 0.6 is 0 Å². The number of hydrogen-bond acceptors (Lipinski definition) is 4. The van der Waals surface area contributed by atoms with E-state index in [2.05, 4.69) is 0 Å². The number of aliphatic hydroxyl groups excluding tert-OH is 1. The number of ether oxygens (including phenoxy) is 1. The van der Waals surface area contributed by atoms with E-state index in [1.165, 1.54) is 0 Å². The van der Waals surface area contributed by atoms with Crippen LogP contribution in [0.15, 0.2) is 0 Å². The monoisotopic (exact) mass is 174 g/mol. The lowest BCUT2D eigenvalue weighted by Crippen LogP contribution is -2.31. The fraction of sp³-hybridized carbons (Fsp3) is 0.750. The van der Waals surface area contributed by atoms with Crippen molar-refractivity contribution in [2.75, 3.05) is 6.61 Å². The molecule has 0 aromatic rings. The Morgan fingerprint density at radius 1 is 1.33 bits per heavy atom. The summed E-state index contributed by atoms with van der Waals surface area (Å²) in [5, 5.41) is 8.77. The zero-order valence-corrected chi connectivity index (χ0v) is 7.27. The molecule has 0 saturated heterocycles. The lowest BCUT2D eigenvalue weighted by molar-refractivity contribution is -0.130. The highest BCUT2D eigenvalue weighted by atomic mass is 16.5. The van der Waals surface area contributed by atoms with Crippen molar-refractivity contribution in [3.8, 4) is 0 Å². The van der Waals surface area contributed by atoms with E-state index in [1.807, 2.05) is 0 Å². The van der Waals surface area contributed by atoms with E-state index in [4.69, 9.17) is 9.84 Å². The van der Waals surface area contributed by atoms with Crippen molar-refractivity contribution in [2.24, 2.45) is 5.92 Å². The molecule has 0 fully saturated rings. The van der Waals surface area contributed by atoms with E-state index in [0.717, 1.165) is 0 Å². The van der Waals surface area contributed by atoms with Crippen LogP contribution in [0.4, 0.5) is 0 Å². The molecule has 0 rings (SSSR count). The molecule has 0 aromatic carbocycles. The Kier molecular flexibility index (Phi) is 5.49. The highest BCUT2D eigenvalue weighted by Crippen LogP contribution is 2.06. The molecule has 0 aromatic heterocycles. The summed E-state index contributed by atoms with van der Waals surface area (Å²) in [5.74, 6) is -0.391. The van der Waals surface area contributed by atoms with Crippen LogP contribution in [-0.2, 0) is 14.3 Å². The van der Waals surface area contributed by atoms with E-state index in [9.17, 15) is 9.59 Å². The highest BCUT2D eigenvalue weighted by Gasteiger charge is 2.18. The molecule has 70 valence electrons. The Bertz CT molecular complexity index is 146. The number of aldehydes is 2. The molecule has 4 nitrogen and oxygen atoms in total. The van der Waals surface area contributed by atoms with E-state index >= 15 is 0 Å².